The minimum absolute atomic E-state index is 0.0136. The number of rotatable bonds is 3. The Morgan fingerprint density at radius 1 is 1.35 bits per heavy atom. The third kappa shape index (κ3) is 2.97. The molecule has 0 aromatic carbocycles. The Hall–Kier alpha value is -0.650. The monoisotopic (exact) mass is 242 g/mol. The molecular weight excluding hydrogens is 220 g/mol. The van der Waals surface area contributed by atoms with Crippen molar-refractivity contribution in [1.82, 2.24) is 5.32 Å². The van der Waals surface area contributed by atoms with Crippen molar-refractivity contribution in [2.75, 3.05) is 19.8 Å². The van der Waals surface area contributed by atoms with Crippen molar-refractivity contribution in [3.63, 3.8) is 0 Å². The molecule has 2 fully saturated rings. The normalized spacial score (nSPS) is 38.0. The van der Waals surface area contributed by atoms with Crippen LogP contribution in [0.15, 0.2) is 0 Å². The van der Waals surface area contributed by atoms with Gasteiger partial charge in [-0.15, -0.1) is 0 Å². The molecule has 4 N–H and O–H groups in total. The summed E-state index contributed by atoms with van der Waals surface area (Å²) in [6, 6.07) is -0.0831. The van der Waals surface area contributed by atoms with Crippen LogP contribution in [-0.4, -0.2) is 42.9 Å². The molecule has 5 nitrogen and oxygen atoms in total. The second-order valence-corrected chi connectivity index (χ2v) is 5.15. The second-order valence-electron chi connectivity index (χ2n) is 5.15. The lowest BCUT2D eigenvalue weighted by molar-refractivity contribution is -0.126. The van der Waals surface area contributed by atoms with Crippen LogP contribution in [0.2, 0.25) is 0 Å². The lowest BCUT2D eigenvalue weighted by Crippen LogP contribution is -2.49. The molecule has 0 aromatic heterocycles. The van der Waals surface area contributed by atoms with Crippen LogP contribution in [0.5, 0.6) is 0 Å². The largest absolute Gasteiger partial charge is 0.396 e. The molecule has 1 aliphatic carbocycles. The molecule has 1 amide bonds. The molecule has 0 bridgehead atoms. The first kappa shape index (κ1) is 12.8. The average molecular weight is 242 g/mol. The van der Waals surface area contributed by atoms with Crippen molar-refractivity contribution in [1.29, 1.82) is 0 Å². The third-order valence-electron chi connectivity index (χ3n) is 3.93. The van der Waals surface area contributed by atoms with Gasteiger partial charge in [0.25, 0.3) is 0 Å². The maximum absolute atomic E-state index is 12.0. The number of carbonyl (C=O) groups is 1. The topological polar surface area (TPSA) is 84.6 Å². The van der Waals surface area contributed by atoms with Crippen molar-refractivity contribution in [2.45, 2.75) is 37.8 Å². The summed E-state index contributed by atoms with van der Waals surface area (Å²) < 4.78 is 5.20. The van der Waals surface area contributed by atoms with E-state index in [9.17, 15) is 9.90 Å². The minimum atomic E-state index is -0.226. The lowest BCUT2D eigenvalue weighted by Gasteiger charge is -2.31. The summed E-state index contributed by atoms with van der Waals surface area (Å²) >= 11 is 0. The van der Waals surface area contributed by atoms with Crippen molar-refractivity contribution >= 4 is 5.91 Å². The molecule has 0 spiro atoms. The van der Waals surface area contributed by atoms with E-state index in [1.807, 2.05) is 0 Å². The first-order chi connectivity index (χ1) is 8.22. The molecule has 2 aliphatic rings. The third-order valence-corrected chi connectivity index (χ3v) is 3.93. The Morgan fingerprint density at radius 2 is 2.12 bits per heavy atom. The summed E-state index contributed by atoms with van der Waals surface area (Å²) in [5, 5.41) is 12.3. The first-order valence-electron chi connectivity index (χ1n) is 6.47. The van der Waals surface area contributed by atoms with Gasteiger partial charge in [-0.3, -0.25) is 4.79 Å². The molecule has 5 heteroatoms. The van der Waals surface area contributed by atoms with E-state index in [0.29, 0.717) is 13.2 Å². The SMILES string of the molecule is NC1COCC1C(=O)NC1CCCCC1CO. The first-order valence-corrected chi connectivity index (χ1v) is 6.47. The van der Waals surface area contributed by atoms with Gasteiger partial charge >= 0.3 is 0 Å². The van der Waals surface area contributed by atoms with E-state index < -0.39 is 0 Å². The van der Waals surface area contributed by atoms with Gasteiger partial charge in [0.15, 0.2) is 0 Å². The molecule has 98 valence electrons. The van der Waals surface area contributed by atoms with Gasteiger partial charge in [0, 0.05) is 24.6 Å². The van der Waals surface area contributed by atoms with Crippen molar-refractivity contribution in [2.24, 2.45) is 17.6 Å². The highest BCUT2D eigenvalue weighted by Gasteiger charge is 2.34. The summed E-state index contributed by atoms with van der Waals surface area (Å²) in [6.07, 6.45) is 4.22. The van der Waals surface area contributed by atoms with Gasteiger partial charge in [0.1, 0.15) is 0 Å². The van der Waals surface area contributed by atoms with Gasteiger partial charge in [-0.05, 0) is 12.8 Å². The smallest absolute Gasteiger partial charge is 0.227 e. The molecular formula is C12H22N2O3. The van der Waals surface area contributed by atoms with Crippen LogP contribution in [0.3, 0.4) is 0 Å². The highest BCUT2D eigenvalue weighted by molar-refractivity contribution is 5.80. The fraction of sp³-hybridized carbons (Fsp3) is 0.917. The highest BCUT2D eigenvalue weighted by Crippen LogP contribution is 2.24. The highest BCUT2D eigenvalue weighted by atomic mass is 16.5. The van der Waals surface area contributed by atoms with Gasteiger partial charge in [-0.1, -0.05) is 12.8 Å². The maximum atomic E-state index is 12.0. The van der Waals surface area contributed by atoms with E-state index in [1.165, 1.54) is 0 Å². The van der Waals surface area contributed by atoms with Crippen molar-refractivity contribution in [3.05, 3.63) is 0 Å². The Balaban J connectivity index is 1.88. The number of aliphatic hydroxyl groups is 1. The van der Waals surface area contributed by atoms with Gasteiger partial charge in [-0.25, -0.2) is 0 Å². The zero-order valence-corrected chi connectivity index (χ0v) is 10.1. The van der Waals surface area contributed by atoms with Gasteiger partial charge in [-0.2, -0.15) is 0 Å². The molecule has 1 heterocycles. The van der Waals surface area contributed by atoms with E-state index in [4.69, 9.17) is 10.5 Å². The molecule has 2 rings (SSSR count). The van der Waals surface area contributed by atoms with Crippen LogP contribution in [-0.2, 0) is 9.53 Å². The molecule has 4 unspecified atom stereocenters. The van der Waals surface area contributed by atoms with Gasteiger partial charge in [0.2, 0.25) is 5.91 Å². The molecule has 0 aromatic rings. The number of nitrogens with two attached hydrogens (primary N) is 1. The molecule has 17 heavy (non-hydrogen) atoms. The van der Waals surface area contributed by atoms with E-state index in [0.717, 1.165) is 25.7 Å². The predicted molar refractivity (Wildman–Crippen MR) is 63.3 cm³/mol. The Bertz CT molecular complexity index is 272. The van der Waals surface area contributed by atoms with E-state index in [2.05, 4.69) is 5.32 Å². The quantitative estimate of drug-likeness (QED) is 0.630. The summed E-state index contributed by atoms with van der Waals surface area (Å²) in [6.45, 7) is 1.04. The number of carbonyl (C=O) groups excluding carboxylic acids is 1. The van der Waals surface area contributed by atoms with Crippen LogP contribution >= 0.6 is 0 Å². The fourth-order valence-corrected chi connectivity index (χ4v) is 2.75. The molecule has 0 radical (unpaired) electrons. The zero-order chi connectivity index (χ0) is 12.3. The molecule has 1 saturated heterocycles. The summed E-state index contributed by atoms with van der Waals surface area (Å²) in [5.74, 6) is -0.0390. The van der Waals surface area contributed by atoms with Crippen LogP contribution in [0.4, 0.5) is 0 Å². The number of hydrogen-bond acceptors (Lipinski definition) is 4. The molecule has 1 aliphatic heterocycles. The van der Waals surface area contributed by atoms with E-state index in [1.54, 1.807) is 0 Å². The van der Waals surface area contributed by atoms with Crippen LogP contribution in [0.1, 0.15) is 25.7 Å². The lowest BCUT2D eigenvalue weighted by atomic mass is 9.84. The molecule has 4 atom stereocenters. The standard InChI is InChI=1S/C12H22N2O3/c13-10-7-17-6-9(10)12(16)14-11-4-2-1-3-8(11)5-15/h8-11,15H,1-7,13H2,(H,14,16). The number of ether oxygens (including phenoxy) is 1. The number of amides is 1. The van der Waals surface area contributed by atoms with Crippen LogP contribution < -0.4 is 11.1 Å². The summed E-state index contributed by atoms with van der Waals surface area (Å²) in [5.41, 5.74) is 5.82. The van der Waals surface area contributed by atoms with Crippen LogP contribution in [0.25, 0.3) is 0 Å². The van der Waals surface area contributed by atoms with Crippen LogP contribution in [0, 0.1) is 11.8 Å². The number of hydrogen-bond donors (Lipinski definition) is 3. The number of nitrogens with one attached hydrogen (secondary N) is 1. The summed E-state index contributed by atoms with van der Waals surface area (Å²) in [7, 11) is 0. The summed E-state index contributed by atoms with van der Waals surface area (Å²) in [4.78, 5) is 12.0. The fourth-order valence-electron chi connectivity index (χ4n) is 2.75. The van der Waals surface area contributed by atoms with Crippen molar-refractivity contribution in [3.8, 4) is 0 Å². The van der Waals surface area contributed by atoms with E-state index in [-0.39, 0.29) is 36.4 Å². The maximum Gasteiger partial charge on any atom is 0.227 e. The predicted octanol–water partition coefficient (Wildman–Crippen LogP) is -0.373. The Morgan fingerprint density at radius 3 is 2.76 bits per heavy atom. The minimum Gasteiger partial charge on any atom is -0.396 e. The second kappa shape index (κ2) is 5.80. The van der Waals surface area contributed by atoms with Gasteiger partial charge < -0.3 is 20.9 Å². The Labute approximate surface area is 102 Å². The van der Waals surface area contributed by atoms with Crippen molar-refractivity contribution < 1.29 is 14.6 Å². The van der Waals surface area contributed by atoms with E-state index >= 15 is 0 Å². The average Bonchev–Trinajstić information content (AvgIpc) is 2.76. The number of aliphatic hydroxyl groups excluding tert-OH is 1. The zero-order valence-electron chi connectivity index (χ0n) is 10.1. The van der Waals surface area contributed by atoms with Gasteiger partial charge in [0.05, 0.1) is 19.1 Å². The molecule has 1 saturated carbocycles. The Kier molecular flexibility index (Phi) is 4.36.